The number of terminal acetylenes is 1. The molecule has 0 fully saturated rings. The molecule has 6 heteroatoms. The maximum atomic E-state index is 12.5. The summed E-state index contributed by atoms with van der Waals surface area (Å²) in [6.07, 6.45) is 0.770. The number of ether oxygens (including phenoxy) is 1. The minimum absolute atomic E-state index is 0.00582. The molecule has 0 heterocycles. The van der Waals surface area contributed by atoms with Crippen LogP contribution in [0.2, 0.25) is 18.1 Å². The van der Waals surface area contributed by atoms with E-state index < -0.39 is 20.6 Å². The summed E-state index contributed by atoms with van der Waals surface area (Å²) in [6, 6.07) is 5.92. The van der Waals surface area contributed by atoms with Crippen LogP contribution in [-0.2, 0) is 4.43 Å². The summed E-state index contributed by atoms with van der Waals surface area (Å²) in [5, 5.41) is -0.00582. The maximum Gasteiger partial charge on any atom is 0.573 e. The van der Waals surface area contributed by atoms with Crippen LogP contribution in [0.1, 0.15) is 32.3 Å². The van der Waals surface area contributed by atoms with Crippen LogP contribution in [0, 0.1) is 12.3 Å². The summed E-state index contributed by atoms with van der Waals surface area (Å²) in [5.74, 6) is 1.65. The van der Waals surface area contributed by atoms with Gasteiger partial charge >= 0.3 is 6.36 Å². The van der Waals surface area contributed by atoms with Gasteiger partial charge in [-0.15, -0.1) is 19.6 Å². The molecule has 0 bridgehead atoms. The second kappa shape index (κ2) is 6.98. The van der Waals surface area contributed by atoms with E-state index in [1.54, 1.807) is 12.1 Å². The number of benzene rings is 1. The fourth-order valence-electron chi connectivity index (χ4n) is 1.72. The Balaban J connectivity index is 2.98. The Bertz CT molecular complexity index is 568. The molecule has 1 aromatic rings. The Kier molecular flexibility index (Phi) is 5.94. The standard InChI is InChI=1S/C17H23F3O2Si/c1-7-13(12-21-23(5,6)16(2,3)4)14-10-8-9-11-15(14)22-17(18,19)20/h1,8-11,13H,12H2,2-6H3. The summed E-state index contributed by atoms with van der Waals surface area (Å²) < 4.78 is 47.7. The molecule has 0 saturated heterocycles. The molecule has 1 atom stereocenters. The zero-order valence-corrected chi connectivity index (χ0v) is 15.1. The third kappa shape index (κ3) is 5.59. The lowest BCUT2D eigenvalue weighted by molar-refractivity contribution is -0.274. The van der Waals surface area contributed by atoms with E-state index in [4.69, 9.17) is 10.8 Å². The zero-order valence-electron chi connectivity index (χ0n) is 14.1. The second-order valence-electron chi connectivity index (χ2n) is 6.88. The quantitative estimate of drug-likeness (QED) is 0.531. The van der Waals surface area contributed by atoms with Crippen LogP contribution in [0.4, 0.5) is 13.2 Å². The Morgan fingerprint density at radius 2 is 1.74 bits per heavy atom. The zero-order chi connectivity index (χ0) is 17.9. The van der Waals surface area contributed by atoms with E-state index in [9.17, 15) is 13.2 Å². The van der Waals surface area contributed by atoms with Crippen LogP contribution in [0.25, 0.3) is 0 Å². The van der Waals surface area contributed by atoms with Gasteiger partial charge in [-0.05, 0) is 24.2 Å². The van der Waals surface area contributed by atoms with Crippen molar-refractivity contribution in [3.63, 3.8) is 0 Å². The highest BCUT2D eigenvalue weighted by Gasteiger charge is 2.38. The molecule has 0 amide bonds. The number of para-hydroxylation sites is 1. The van der Waals surface area contributed by atoms with Gasteiger partial charge in [-0.1, -0.05) is 44.9 Å². The van der Waals surface area contributed by atoms with Crippen molar-refractivity contribution in [3.8, 4) is 18.1 Å². The smallest absolute Gasteiger partial charge is 0.415 e. The van der Waals surface area contributed by atoms with Gasteiger partial charge in [-0.25, -0.2) is 0 Å². The summed E-state index contributed by atoms with van der Waals surface area (Å²) in [6.45, 7) is 10.6. The average molecular weight is 344 g/mol. The van der Waals surface area contributed by atoms with Crippen molar-refractivity contribution in [3.05, 3.63) is 29.8 Å². The summed E-state index contributed by atoms with van der Waals surface area (Å²) in [5.41, 5.74) is 0.311. The van der Waals surface area contributed by atoms with Crippen LogP contribution in [0.3, 0.4) is 0 Å². The first kappa shape index (κ1) is 19.6. The predicted octanol–water partition coefficient (Wildman–Crippen LogP) is 5.32. The van der Waals surface area contributed by atoms with Gasteiger partial charge in [0, 0.05) is 5.56 Å². The van der Waals surface area contributed by atoms with E-state index in [0.29, 0.717) is 5.56 Å². The Morgan fingerprint density at radius 3 is 2.22 bits per heavy atom. The topological polar surface area (TPSA) is 18.5 Å². The van der Waals surface area contributed by atoms with E-state index in [1.807, 2.05) is 0 Å². The molecular formula is C17H23F3O2Si. The van der Waals surface area contributed by atoms with E-state index >= 15 is 0 Å². The summed E-state index contributed by atoms with van der Waals surface area (Å²) in [7, 11) is -2.04. The second-order valence-corrected chi connectivity index (χ2v) is 11.7. The normalized spacial score (nSPS) is 14.2. The molecule has 0 spiro atoms. The molecule has 2 nitrogen and oxygen atoms in total. The summed E-state index contributed by atoms with van der Waals surface area (Å²) in [4.78, 5) is 0. The number of hydrogen-bond donors (Lipinski definition) is 0. The van der Waals surface area contributed by atoms with Crippen molar-refractivity contribution in [2.75, 3.05) is 6.61 Å². The van der Waals surface area contributed by atoms with Crippen molar-refractivity contribution >= 4 is 8.32 Å². The maximum absolute atomic E-state index is 12.5. The lowest BCUT2D eigenvalue weighted by Gasteiger charge is -2.37. The van der Waals surface area contributed by atoms with Crippen LogP contribution in [0.15, 0.2) is 24.3 Å². The first-order valence-corrected chi connectivity index (χ1v) is 10.2. The van der Waals surface area contributed by atoms with Crippen molar-refractivity contribution in [2.45, 2.75) is 51.2 Å². The Morgan fingerprint density at radius 1 is 1.17 bits per heavy atom. The molecule has 0 aliphatic carbocycles. The largest absolute Gasteiger partial charge is 0.573 e. The van der Waals surface area contributed by atoms with E-state index in [-0.39, 0.29) is 17.4 Å². The third-order valence-corrected chi connectivity index (χ3v) is 8.64. The predicted molar refractivity (Wildman–Crippen MR) is 87.8 cm³/mol. The van der Waals surface area contributed by atoms with Crippen molar-refractivity contribution in [1.82, 2.24) is 0 Å². The van der Waals surface area contributed by atoms with Crippen LogP contribution < -0.4 is 4.74 Å². The SMILES string of the molecule is C#CC(CO[Si](C)(C)C(C)(C)C)c1ccccc1OC(F)(F)F. The molecular weight excluding hydrogens is 321 g/mol. The molecule has 0 radical (unpaired) electrons. The third-order valence-electron chi connectivity index (χ3n) is 4.14. The molecule has 1 rings (SSSR count). The molecule has 0 saturated carbocycles. The fraction of sp³-hybridized carbons (Fsp3) is 0.529. The molecule has 23 heavy (non-hydrogen) atoms. The van der Waals surface area contributed by atoms with E-state index in [1.165, 1.54) is 12.1 Å². The van der Waals surface area contributed by atoms with E-state index in [0.717, 1.165) is 0 Å². The molecule has 0 N–H and O–H groups in total. The van der Waals surface area contributed by atoms with Gasteiger partial charge in [0.15, 0.2) is 8.32 Å². The summed E-state index contributed by atoms with van der Waals surface area (Å²) >= 11 is 0. The first-order valence-electron chi connectivity index (χ1n) is 7.32. The molecule has 0 aromatic heterocycles. The first-order chi connectivity index (χ1) is 10.4. The van der Waals surface area contributed by atoms with Gasteiger partial charge in [0.2, 0.25) is 0 Å². The number of halogens is 3. The van der Waals surface area contributed by atoms with Gasteiger partial charge < -0.3 is 9.16 Å². The molecule has 0 aliphatic rings. The minimum Gasteiger partial charge on any atom is -0.415 e. The van der Waals surface area contributed by atoms with Gasteiger partial charge in [-0.3, -0.25) is 0 Å². The monoisotopic (exact) mass is 344 g/mol. The Labute approximate surface area is 137 Å². The molecule has 1 aromatic carbocycles. The lowest BCUT2D eigenvalue weighted by atomic mass is 10.00. The van der Waals surface area contributed by atoms with Gasteiger partial charge in [0.05, 0.1) is 12.5 Å². The van der Waals surface area contributed by atoms with E-state index in [2.05, 4.69) is 44.5 Å². The highest BCUT2D eigenvalue weighted by Crippen LogP contribution is 2.38. The number of alkyl halides is 3. The Hall–Kier alpha value is -1.45. The lowest BCUT2D eigenvalue weighted by Crippen LogP contribution is -2.41. The fourth-order valence-corrected chi connectivity index (χ4v) is 2.74. The van der Waals surface area contributed by atoms with Crippen LogP contribution in [-0.4, -0.2) is 21.3 Å². The van der Waals surface area contributed by atoms with Crippen molar-refractivity contribution in [1.29, 1.82) is 0 Å². The minimum atomic E-state index is -4.75. The van der Waals surface area contributed by atoms with Crippen molar-refractivity contribution in [2.24, 2.45) is 0 Å². The molecule has 128 valence electrons. The van der Waals surface area contributed by atoms with Gasteiger partial charge in [0.1, 0.15) is 5.75 Å². The molecule has 1 unspecified atom stereocenters. The highest BCUT2D eigenvalue weighted by atomic mass is 28.4. The van der Waals surface area contributed by atoms with Gasteiger partial charge in [-0.2, -0.15) is 0 Å². The van der Waals surface area contributed by atoms with Crippen molar-refractivity contribution < 1.29 is 22.3 Å². The number of rotatable bonds is 5. The molecule has 0 aliphatic heterocycles. The van der Waals surface area contributed by atoms with Crippen LogP contribution >= 0.6 is 0 Å². The number of hydrogen-bond acceptors (Lipinski definition) is 2. The average Bonchev–Trinajstić information content (AvgIpc) is 2.38. The highest BCUT2D eigenvalue weighted by molar-refractivity contribution is 6.74. The van der Waals surface area contributed by atoms with Crippen LogP contribution in [0.5, 0.6) is 5.75 Å². The van der Waals surface area contributed by atoms with Gasteiger partial charge in [0.25, 0.3) is 0 Å².